The summed E-state index contributed by atoms with van der Waals surface area (Å²) in [5, 5.41) is 2.78. The highest BCUT2D eigenvalue weighted by atomic mass is 32.2. The Morgan fingerprint density at radius 1 is 0.900 bits per heavy atom. The third-order valence-corrected chi connectivity index (χ3v) is 6.38. The lowest BCUT2D eigenvalue weighted by Gasteiger charge is -2.23. The van der Waals surface area contributed by atoms with E-state index in [1.807, 2.05) is 13.0 Å². The van der Waals surface area contributed by atoms with Gasteiger partial charge in [0.15, 0.2) is 0 Å². The molecule has 0 aliphatic carbocycles. The highest BCUT2D eigenvalue weighted by molar-refractivity contribution is 7.92. The molecule has 0 atom stereocenters. The van der Waals surface area contributed by atoms with Gasteiger partial charge in [0, 0.05) is 12.2 Å². The zero-order valence-corrected chi connectivity index (χ0v) is 17.7. The van der Waals surface area contributed by atoms with Crippen LogP contribution in [0.25, 0.3) is 0 Å². The van der Waals surface area contributed by atoms with Crippen molar-refractivity contribution in [3.8, 4) is 5.75 Å². The topological polar surface area (TPSA) is 75.7 Å². The Balaban J connectivity index is 1.80. The maximum Gasteiger partial charge on any atom is 0.264 e. The Labute approximate surface area is 177 Å². The first-order valence-corrected chi connectivity index (χ1v) is 11.1. The van der Waals surface area contributed by atoms with Gasteiger partial charge in [-0.3, -0.25) is 9.10 Å². The summed E-state index contributed by atoms with van der Waals surface area (Å²) in [6, 6.07) is 22.1. The minimum atomic E-state index is -3.72. The van der Waals surface area contributed by atoms with Gasteiger partial charge < -0.3 is 10.1 Å². The number of hydrogen-bond donors (Lipinski definition) is 1. The third-order valence-electron chi connectivity index (χ3n) is 4.46. The number of carbonyl (C=O) groups is 1. The van der Waals surface area contributed by atoms with Crippen LogP contribution in [0, 0.1) is 0 Å². The number of nitrogens with zero attached hydrogens (tertiary/aromatic N) is 1. The molecule has 30 heavy (non-hydrogen) atoms. The van der Waals surface area contributed by atoms with Crippen LogP contribution in [0.3, 0.4) is 0 Å². The minimum absolute atomic E-state index is 0.154. The van der Waals surface area contributed by atoms with Gasteiger partial charge >= 0.3 is 0 Å². The Morgan fingerprint density at radius 3 is 2.17 bits per heavy atom. The Morgan fingerprint density at radius 2 is 1.53 bits per heavy atom. The summed E-state index contributed by atoms with van der Waals surface area (Å²) in [4.78, 5) is 12.8. The predicted molar refractivity (Wildman–Crippen MR) is 119 cm³/mol. The molecule has 3 aromatic carbocycles. The highest BCUT2D eigenvalue weighted by Crippen LogP contribution is 2.25. The van der Waals surface area contributed by atoms with Crippen molar-refractivity contribution >= 4 is 27.3 Å². The molecule has 0 bridgehead atoms. The number of ether oxygens (including phenoxy) is 1. The first-order valence-electron chi connectivity index (χ1n) is 9.68. The second kappa shape index (κ2) is 9.45. The van der Waals surface area contributed by atoms with Crippen molar-refractivity contribution in [3.63, 3.8) is 0 Å². The summed E-state index contributed by atoms with van der Waals surface area (Å²) in [6.07, 6.45) is 0. The molecule has 0 saturated carbocycles. The molecule has 0 saturated heterocycles. The number of rotatable bonds is 8. The first kappa shape index (κ1) is 21.4. The smallest absolute Gasteiger partial charge is 0.264 e. The van der Waals surface area contributed by atoms with Gasteiger partial charge in [0.05, 0.1) is 22.8 Å². The van der Waals surface area contributed by atoms with Crippen molar-refractivity contribution in [1.82, 2.24) is 0 Å². The van der Waals surface area contributed by atoms with Crippen LogP contribution in [-0.4, -0.2) is 27.5 Å². The molecule has 0 unspecified atom stereocenters. The van der Waals surface area contributed by atoms with Gasteiger partial charge in [-0.15, -0.1) is 0 Å². The summed E-state index contributed by atoms with van der Waals surface area (Å²) in [5.41, 5.74) is 1.51. The fourth-order valence-electron chi connectivity index (χ4n) is 3.06. The van der Waals surface area contributed by atoms with E-state index in [1.54, 1.807) is 67.6 Å². The van der Waals surface area contributed by atoms with Crippen molar-refractivity contribution in [2.75, 3.05) is 22.8 Å². The minimum Gasteiger partial charge on any atom is -0.493 e. The standard InChI is InChI=1S/C23H24N2O4S/c1-3-25(19-10-6-5-7-11-19)30(27,28)20-16-14-18(15-17-20)24-23(26)21-12-8-9-13-22(21)29-4-2/h5-17H,3-4H2,1-2H3,(H,24,26). The number of nitrogens with one attached hydrogen (secondary N) is 1. The Bertz CT molecular complexity index is 1100. The Kier molecular flexibility index (Phi) is 6.74. The fourth-order valence-corrected chi connectivity index (χ4v) is 4.53. The van der Waals surface area contributed by atoms with Gasteiger partial charge in [-0.1, -0.05) is 30.3 Å². The van der Waals surface area contributed by atoms with E-state index < -0.39 is 10.0 Å². The average molecular weight is 425 g/mol. The summed E-state index contributed by atoms with van der Waals surface area (Å²) in [5.74, 6) is 0.173. The number of para-hydroxylation sites is 2. The van der Waals surface area contributed by atoms with E-state index in [9.17, 15) is 13.2 Å². The maximum atomic E-state index is 13.1. The molecule has 0 fully saturated rings. The van der Waals surface area contributed by atoms with Gasteiger partial charge in [-0.05, 0) is 62.4 Å². The van der Waals surface area contributed by atoms with Crippen LogP contribution in [0.5, 0.6) is 5.75 Å². The molecule has 1 N–H and O–H groups in total. The van der Waals surface area contributed by atoms with Crippen LogP contribution in [-0.2, 0) is 10.0 Å². The van der Waals surface area contributed by atoms with E-state index >= 15 is 0 Å². The van der Waals surface area contributed by atoms with Crippen molar-refractivity contribution in [1.29, 1.82) is 0 Å². The van der Waals surface area contributed by atoms with Crippen LogP contribution in [0.1, 0.15) is 24.2 Å². The third kappa shape index (κ3) is 4.63. The lowest BCUT2D eigenvalue weighted by atomic mass is 10.2. The van der Waals surface area contributed by atoms with E-state index in [1.165, 1.54) is 16.4 Å². The maximum absolute atomic E-state index is 13.1. The largest absolute Gasteiger partial charge is 0.493 e. The van der Waals surface area contributed by atoms with E-state index in [2.05, 4.69) is 5.32 Å². The number of benzene rings is 3. The van der Waals surface area contributed by atoms with Gasteiger partial charge in [-0.25, -0.2) is 8.42 Å². The van der Waals surface area contributed by atoms with Crippen molar-refractivity contribution in [2.24, 2.45) is 0 Å². The molecule has 156 valence electrons. The van der Waals surface area contributed by atoms with Crippen LogP contribution in [0.2, 0.25) is 0 Å². The number of amides is 1. The fraction of sp³-hybridized carbons (Fsp3) is 0.174. The molecule has 6 nitrogen and oxygen atoms in total. The van der Waals surface area contributed by atoms with E-state index in [0.717, 1.165) is 0 Å². The second-order valence-electron chi connectivity index (χ2n) is 6.41. The lowest BCUT2D eigenvalue weighted by molar-refractivity contribution is 0.102. The molecule has 7 heteroatoms. The van der Waals surface area contributed by atoms with E-state index in [4.69, 9.17) is 4.74 Å². The number of carbonyl (C=O) groups excluding carboxylic acids is 1. The van der Waals surface area contributed by atoms with Gasteiger partial charge in [0.25, 0.3) is 15.9 Å². The SMILES string of the molecule is CCOc1ccccc1C(=O)Nc1ccc(S(=O)(=O)N(CC)c2ccccc2)cc1. The summed E-state index contributed by atoms with van der Waals surface area (Å²) < 4.78 is 33.0. The molecule has 0 aromatic heterocycles. The second-order valence-corrected chi connectivity index (χ2v) is 8.28. The molecule has 0 radical (unpaired) electrons. The van der Waals surface area contributed by atoms with Crippen LogP contribution in [0.4, 0.5) is 11.4 Å². The van der Waals surface area contributed by atoms with Gasteiger partial charge in [-0.2, -0.15) is 0 Å². The first-order chi connectivity index (χ1) is 14.5. The number of sulfonamides is 1. The van der Waals surface area contributed by atoms with Gasteiger partial charge in [0.1, 0.15) is 5.75 Å². The average Bonchev–Trinajstić information content (AvgIpc) is 2.76. The van der Waals surface area contributed by atoms with Gasteiger partial charge in [0.2, 0.25) is 0 Å². The zero-order valence-electron chi connectivity index (χ0n) is 16.9. The molecule has 3 aromatic rings. The summed E-state index contributed by atoms with van der Waals surface area (Å²) in [7, 11) is -3.72. The quantitative estimate of drug-likeness (QED) is 0.575. The highest BCUT2D eigenvalue weighted by Gasteiger charge is 2.23. The number of hydrogen-bond acceptors (Lipinski definition) is 4. The van der Waals surface area contributed by atoms with Crippen molar-refractivity contribution < 1.29 is 17.9 Å². The molecule has 0 aliphatic rings. The van der Waals surface area contributed by atoms with Crippen LogP contribution >= 0.6 is 0 Å². The van der Waals surface area contributed by atoms with Crippen molar-refractivity contribution in [3.05, 3.63) is 84.4 Å². The van der Waals surface area contributed by atoms with Crippen LogP contribution in [0.15, 0.2) is 83.8 Å². The lowest BCUT2D eigenvalue weighted by Crippen LogP contribution is -2.30. The molecule has 0 spiro atoms. The monoisotopic (exact) mass is 424 g/mol. The normalized spacial score (nSPS) is 11.0. The molecular weight excluding hydrogens is 400 g/mol. The predicted octanol–water partition coefficient (Wildman–Crippen LogP) is 4.55. The number of anilines is 2. The zero-order chi connectivity index (χ0) is 21.6. The molecule has 0 heterocycles. The van der Waals surface area contributed by atoms with Crippen LogP contribution < -0.4 is 14.4 Å². The van der Waals surface area contributed by atoms with E-state index in [0.29, 0.717) is 35.8 Å². The molecule has 3 rings (SSSR count). The van der Waals surface area contributed by atoms with Crippen molar-refractivity contribution in [2.45, 2.75) is 18.7 Å². The molecule has 1 amide bonds. The molecule has 0 aliphatic heterocycles. The van der Waals surface area contributed by atoms with E-state index in [-0.39, 0.29) is 10.8 Å². The molecular formula is C23H24N2O4S. The Hall–Kier alpha value is -3.32. The summed E-state index contributed by atoms with van der Waals surface area (Å²) >= 11 is 0. The summed E-state index contributed by atoms with van der Waals surface area (Å²) in [6.45, 7) is 4.39.